The maximum Gasteiger partial charge on any atom is 0.0208 e. The highest BCUT2D eigenvalue weighted by atomic mass is 15.1. The van der Waals surface area contributed by atoms with E-state index in [1.807, 2.05) is 0 Å². The molecule has 0 aliphatic carbocycles. The van der Waals surface area contributed by atoms with E-state index in [0.29, 0.717) is 6.04 Å². The number of hydrogen-bond acceptors (Lipinski definition) is 2. The number of hydrogen-bond donors (Lipinski definition) is 1. The van der Waals surface area contributed by atoms with Crippen LogP contribution < -0.4 is 5.32 Å². The molecular weight excluding hydrogens is 196 g/mol. The lowest BCUT2D eigenvalue weighted by Crippen LogP contribution is -2.43. The van der Waals surface area contributed by atoms with Crippen LogP contribution in [0.15, 0.2) is 24.3 Å². The minimum absolute atomic E-state index is 0.666. The second kappa shape index (κ2) is 5.46. The van der Waals surface area contributed by atoms with Gasteiger partial charge in [0.25, 0.3) is 0 Å². The van der Waals surface area contributed by atoms with E-state index in [2.05, 4.69) is 48.5 Å². The largest absolute Gasteiger partial charge is 0.309 e. The SMILES string of the molecule is Cc1cccc(CNC2CCCN(C)C2)c1. The minimum atomic E-state index is 0.666. The molecule has 0 spiro atoms. The standard InChI is InChI=1S/C14H22N2/c1-12-5-3-6-13(9-12)10-15-14-7-4-8-16(2)11-14/h3,5-6,9,14-15H,4,7-8,10-11H2,1-2H3. The molecule has 2 rings (SSSR count). The summed E-state index contributed by atoms with van der Waals surface area (Å²) in [5, 5.41) is 3.65. The molecule has 0 amide bonds. The number of aryl methyl sites for hydroxylation is 1. The first kappa shape index (κ1) is 11.6. The van der Waals surface area contributed by atoms with Crippen LogP contribution in [0.5, 0.6) is 0 Å². The van der Waals surface area contributed by atoms with Crippen LogP contribution in [0.4, 0.5) is 0 Å². The van der Waals surface area contributed by atoms with Crippen molar-refractivity contribution in [3.05, 3.63) is 35.4 Å². The third kappa shape index (κ3) is 3.32. The fraction of sp³-hybridized carbons (Fsp3) is 0.571. The van der Waals surface area contributed by atoms with Gasteiger partial charge in [0.1, 0.15) is 0 Å². The molecule has 0 radical (unpaired) electrons. The van der Waals surface area contributed by atoms with Crippen molar-refractivity contribution in [3.63, 3.8) is 0 Å². The number of nitrogens with one attached hydrogen (secondary N) is 1. The van der Waals surface area contributed by atoms with Gasteiger partial charge in [0.15, 0.2) is 0 Å². The summed E-state index contributed by atoms with van der Waals surface area (Å²) in [6, 6.07) is 9.42. The summed E-state index contributed by atoms with van der Waals surface area (Å²) < 4.78 is 0. The Kier molecular flexibility index (Phi) is 3.97. The molecular formula is C14H22N2. The van der Waals surface area contributed by atoms with Crippen LogP contribution in [-0.4, -0.2) is 31.1 Å². The quantitative estimate of drug-likeness (QED) is 0.836. The van der Waals surface area contributed by atoms with Gasteiger partial charge in [-0.3, -0.25) is 0 Å². The Balaban J connectivity index is 1.82. The number of likely N-dealkylation sites (tertiary alicyclic amines) is 1. The van der Waals surface area contributed by atoms with E-state index >= 15 is 0 Å². The van der Waals surface area contributed by atoms with Crippen molar-refractivity contribution in [1.82, 2.24) is 10.2 Å². The molecule has 1 aromatic carbocycles. The van der Waals surface area contributed by atoms with Crippen LogP contribution in [0.25, 0.3) is 0 Å². The molecule has 1 atom stereocenters. The lowest BCUT2D eigenvalue weighted by molar-refractivity contribution is 0.226. The van der Waals surface area contributed by atoms with E-state index in [4.69, 9.17) is 0 Å². The van der Waals surface area contributed by atoms with Gasteiger partial charge in [-0.1, -0.05) is 29.8 Å². The van der Waals surface area contributed by atoms with Gasteiger partial charge in [-0.2, -0.15) is 0 Å². The second-order valence-corrected chi connectivity index (χ2v) is 4.97. The lowest BCUT2D eigenvalue weighted by Gasteiger charge is -2.30. The Labute approximate surface area is 98.7 Å². The van der Waals surface area contributed by atoms with Gasteiger partial charge < -0.3 is 10.2 Å². The third-order valence-electron chi connectivity index (χ3n) is 3.30. The van der Waals surface area contributed by atoms with Gasteiger partial charge >= 0.3 is 0 Å². The molecule has 16 heavy (non-hydrogen) atoms. The number of rotatable bonds is 3. The molecule has 2 heteroatoms. The molecule has 1 aromatic rings. The number of nitrogens with zero attached hydrogens (tertiary/aromatic N) is 1. The van der Waals surface area contributed by atoms with E-state index in [0.717, 1.165) is 6.54 Å². The maximum absolute atomic E-state index is 3.65. The lowest BCUT2D eigenvalue weighted by atomic mass is 10.1. The van der Waals surface area contributed by atoms with Crippen molar-refractivity contribution >= 4 is 0 Å². The summed E-state index contributed by atoms with van der Waals surface area (Å²) in [4.78, 5) is 2.41. The molecule has 88 valence electrons. The average Bonchev–Trinajstić information content (AvgIpc) is 2.27. The molecule has 1 fully saturated rings. The smallest absolute Gasteiger partial charge is 0.0208 e. The summed E-state index contributed by atoms with van der Waals surface area (Å²) in [6.07, 6.45) is 2.64. The molecule has 1 heterocycles. The van der Waals surface area contributed by atoms with Crippen LogP contribution in [-0.2, 0) is 6.54 Å². The summed E-state index contributed by atoms with van der Waals surface area (Å²) in [6.45, 7) is 5.59. The maximum atomic E-state index is 3.65. The molecule has 1 unspecified atom stereocenters. The summed E-state index contributed by atoms with van der Waals surface area (Å²) in [5.74, 6) is 0. The van der Waals surface area contributed by atoms with Gasteiger partial charge in [-0.05, 0) is 38.9 Å². The van der Waals surface area contributed by atoms with Crippen molar-refractivity contribution in [2.75, 3.05) is 20.1 Å². The Morgan fingerprint density at radius 2 is 2.31 bits per heavy atom. The summed E-state index contributed by atoms with van der Waals surface area (Å²) in [7, 11) is 2.21. The number of piperidine rings is 1. The van der Waals surface area contributed by atoms with Crippen molar-refractivity contribution < 1.29 is 0 Å². The highest BCUT2D eigenvalue weighted by molar-refractivity contribution is 5.22. The van der Waals surface area contributed by atoms with Crippen LogP contribution >= 0.6 is 0 Å². The molecule has 1 aliphatic heterocycles. The Bertz CT molecular complexity index is 335. The molecule has 1 N–H and O–H groups in total. The summed E-state index contributed by atoms with van der Waals surface area (Å²) >= 11 is 0. The topological polar surface area (TPSA) is 15.3 Å². The van der Waals surface area contributed by atoms with Gasteiger partial charge in [0, 0.05) is 19.1 Å². The minimum Gasteiger partial charge on any atom is -0.309 e. The van der Waals surface area contributed by atoms with Gasteiger partial charge in [-0.25, -0.2) is 0 Å². The van der Waals surface area contributed by atoms with Crippen LogP contribution in [0, 0.1) is 6.92 Å². The Morgan fingerprint density at radius 3 is 3.06 bits per heavy atom. The van der Waals surface area contributed by atoms with E-state index in [1.54, 1.807) is 0 Å². The monoisotopic (exact) mass is 218 g/mol. The molecule has 0 bridgehead atoms. The van der Waals surface area contributed by atoms with E-state index in [1.165, 1.54) is 37.1 Å². The van der Waals surface area contributed by atoms with Crippen molar-refractivity contribution in [1.29, 1.82) is 0 Å². The highest BCUT2D eigenvalue weighted by Gasteiger charge is 2.15. The van der Waals surface area contributed by atoms with Crippen LogP contribution in [0.3, 0.4) is 0 Å². The summed E-state index contributed by atoms with van der Waals surface area (Å²) in [5.41, 5.74) is 2.74. The number of likely N-dealkylation sites (N-methyl/N-ethyl adjacent to an activating group) is 1. The van der Waals surface area contributed by atoms with Crippen molar-refractivity contribution in [2.45, 2.75) is 32.4 Å². The van der Waals surface area contributed by atoms with Gasteiger partial charge in [0.2, 0.25) is 0 Å². The molecule has 1 aliphatic rings. The molecule has 2 nitrogen and oxygen atoms in total. The van der Waals surface area contributed by atoms with Gasteiger partial charge in [0.05, 0.1) is 0 Å². The first-order valence-electron chi connectivity index (χ1n) is 6.21. The Morgan fingerprint density at radius 1 is 1.44 bits per heavy atom. The zero-order valence-corrected chi connectivity index (χ0v) is 10.4. The van der Waals surface area contributed by atoms with Gasteiger partial charge in [-0.15, -0.1) is 0 Å². The third-order valence-corrected chi connectivity index (χ3v) is 3.30. The molecule has 1 saturated heterocycles. The fourth-order valence-electron chi connectivity index (χ4n) is 2.42. The zero-order valence-electron chi connectivity index (χ0n) is 10.4. The zero-order chi connectivity index (χ0) is 11.4. The first-order valence-corrected chi connectivity index (χ1v) is 6.21. The Hall–Kier alpha value is -0.860. The fourth-order valence-corrected chi connectivity index (χ4v) is 2.42. The van der Waals surface area contributed by atoms with E-state index in [9.17, 15) is 0 Å². The molecule has 0 aromatic heterocycles. The molecule has 0 saturated carbocycles. The van der Waals surface area contributed by atoms with Crippen LogP contribution in [0.1, 0.15) is 24.0 Å². The second-order valence-electron chi connectivity index (χ2n) is 4.97. The predicted octanol–water partition coefficient (Wildman–Crippen LogP) is 2.18. The number of benzene rings is 1. The normalized spacial score (nSPS) is 22.2. The van der Waals surface area contributed by atoms with Crippen molar-refractivity contribution in [3.8, 4) is 0 Å². The van der Waals surface area contributed by atoms with E-state index in [-0.39, 0.29) is 0 Å². The predicted molar refractivity (Wildman–Crippen MR) is 68.5 cm³/mol. The highest BCUT2D eigenvalue weighted by Crippen LogP contribution is 2.09. The van der Waals surface area contributed by atoms with E-state index < -0.39 is 0 Å². The first-order chi connectivity index (χ1) is 7.74. The van der Waals surface area contributed by atoms with Crippen molar-refractivity contribution in [2.24, 2.45) is 0 Å². The van der Waals surface area contributed by atoms with Crippen LogP contribution in [0.2, 0.25) is 0 Å². The average molecular weight is 218 g/mol.